The highest BCUT2D eigenvalue weighted by Gasteiger charge is 2.03. The van der Waals surface area contributed by atoms with E-state index in [0.29, 0.717) is 5.92 Å². The predicted octanol–water partition coefficient (Wildman–Crippen LogP) is 2.73. The molecule has 0 aromatic carbocycles. The summed E-state index contributed by atoms with van der Waals surface area (Å²) in [5.41, 5.74) is 0.868. The zero-order chi connectivity index (χ0) is 8.69. The van der Waals surface area contributed by atoms with Crippen molar-refractivity contribution in [3.8, 4) is 0 Å². The first-order valence-corrected chi connectivity index (χ1v) is 3.73. The standard InChI is InChI=1S/C9H15NO/c1-5-8(4)9(6-2)10-11-7-3/h6-8H,2-3,5H2,1,4H3/b10-9+. The molecule has 0 bridgehead atoms. The van der Waals surface area contributed by atoms with Gasteiger partial charge in [-0.05, 0) is 12.5 Å². The summed E-state index contributed by atoms with van der Waals surface area (Å²) in [5.74, 6) is 0.396. The van der Waals surface area contributed by atoms with Crippen LogP contribution < -0.4 is 0 Å². The number of allylic oxidation sites excluding steroid dienone is 1. The van der Waals surface area contributed by atoms with Crippen LogP contribution in [0.15, 0.2) is 30.7 Å². The Labute approximate surface area is 68.2 Å². The lowest BCUT2D eigenvalue weighted by molar-refractivity contribution is 0.267. The lowest BCUT2D eigenvalue weighted by Gasteiger charge is -2.05. The molecule has 0 spiro atoms. The van der Waals surface area contributed by atoms with Gasteiger partial charge in [-0.15, -0.1) is 0 Å². The monoisotopic (exact) mass is 153 g/mol. The van der Waals surface area contributed by atoms with Gasteiger partial charge in [-0.3, -0.25) is 0 Å². The molecule has 0 saturated heterocycles. The molecule has 0 heterocycles. The van der Waals surface area contributed by atoms with E-state index in [1.807, 2.05) is 0 Å². The fourth-order valence-corrected chi connectivity index (χ4v) is 0.636. The number of rotatable bonds is 5. The normalized spacial score (nSPS) is 13.8. The minimum atomic E-state index is 0.396. The molecule has 0 saturated carbocycles. The van der Waals surface area contributed by atoms with E-state index in [0.717, 1.165) is 12.1 Å². The maximum atomic E-state index is 4.69. The number of hydrogen-bond acceptors (Lipinski definition) is 2. The molecule has 0 aromatic rings. The number of oxime groups is 1. The number of nitrogens with zero attached hydrogens (tertiary/aromatic N) is 1. The SMILES string of the molecule is C=CO/N=C(\C=C)C(C)CC. The molecule has 1 atom stereocenters. The fourth-order valence-electron chi connectivity index (χ4n) is 0.636. The zero-order valence-electron chi connectivity index (χ0n) is 7.21. The Balaban J connectivity index is 4.12. The molecule has 0 amide bonds. The molecule has 0 rings (SSSR count). The van der Waals surface area contributed by atoms with Crippen LogP contribution in [0.3, 0.4) is 0 Å². The summed E-state index contributed by atoms with van der Waals surface area (Å²) in [7, 11) is 0. The van der Waals surface area contributed by atoms with Gasteiger partial charge in [-0.2, -0.15) is 0 Å². The minimum absolute atomic E-state index is 0.396. The molecule has 0 aliphatic rings. The Morgan fingerprint density at radius 2 is 2.27 bits per heavy atom. The molecule has 0 aliphatic carbocycles. The first-order chi connectivity index (χ1) is 5.26. The summed E-state index contributed by atoms with van der Waals surface area (Å²) in [5, 5.41) is 3.81. The summed E-state index contributed by atoms with van der Waals surface area (Å²) in [4.78, 5) is 4.69. The summed E-state index contributed by atoms with van der Waals surface area (Å²) >= 11 is 0. The lowest BCUT2D eigenvalue weighted by Crippen LogP contribution is -2.06. The van der Waals surface area contributed by atoms with Crippen LogP contribution in [0.4, 0.5) is 0 Å². The van der Waals surface area contributed by atoms with Crippen molar-refractivity contribution < 1.29 is 4.84 Å². The van der Waals surface area contributed by atoms with Gasteiger partial charge in [-0.25, -0.2) is 0 Å². The van der Waals surface area contributed by atoms with E-state index >= 15 is 0 Å². The fraction of sp³-hybridized carbons (Fsp3) is 0.444. The molecule has 2 heteroatoms. The molecule has 0 aromatic heterocycles. The second-order valence-electron chi connectivity index (χ2n) is 2.30. The smallest absolute Gasteiger partial charge is 0.114 e. The quantitative estimate of drug-likeness (QED) is 0.338. The first kappa shape index (κ1) is 9.95. The van der Waals surface area contributed by atoms with Gasteiger partial charge in [0.25, 0.3) is 0 Å². The molecular formula is C9H15NO. The van der Waals surface area contributed by atoms with E-state index in [1.165, 1.54) is 6.26 Å². The van der Waals surface area contributed by atoms with Gasteiger partial charge >= 0.3 is 0 Å². The summed E-state index contributed by atoms with van der Waals surface area (Å²) in [6, 6.07) is 0. The van der Waals surface area contributed by atoms with Gasteiger partial charge in [0.1, 0.15) is 6.26 Å². The molecule has 0 radical (unpaired) electrons. The van der Waals surface area contributed by atoms with Crippen molar-refractivity contribution in [1.82, 2.24) is 0 Å². The predicted molar refractivity (Wildman–Crippen MR) is 48.4 cm³/mol. The van der Waals surface area contributed by atoms with Crippen molar-refractivity contribution in [2.24, 2.45) is 11.1 Å². The second-order valence-corrected chi connectivity index (χ2v) is 2.30. The van der Waals surface area contributed by atoms with Crippen LogP contribution in [0.25, 0.3) is 0 Å². The molecule has 1 unspecified atom stereocenters. The number of hydrogen-bond donors (Lipinski definition) is 0. The molecule has 0 fully saturated rings. The third kappa shape index (κ3) is 3.61. The van der Waals surface area contributed by atoms with E-state index in [2.05, 4.69) is 32.2 Å². The Hall–Kier alpha value is -1.05. The van der Waals surface area contributed by atoms with Gasteiger partial charge in [-0.1, -0.05) is 32.2 Å². The Morgan fingerprint density at radius 3 is 2.64 bits per heavy atom. The molecule has 11 heavy (non-hydrogen) atoms. The average molecular weight is 153 g/mol. The van der Waals surface area contributed by atoms with Gasteiger partial charge < -0.3 is 4.84 Å². The Kier molecular flexibility index (Phi) is 5.17. The van der Waals surface area contributed by atoms with Gasteiger partial charge in [0.05, 0.1) is 5.71 Å². The van der Waals surface area contributed by atoms with Crippen LogP contribution >= 0.6 is 0 Å². The van der Waals surface area contributed by atoms with E-state index < -0.39 is 0 Å². The third-order valence-electron chi connectivity index (χ3n) is 1.56. The average Bonchev–Trinajstić information content (AvgIpc) is 2.05. The van der Waals surface area contributed by atoms with Gasteiger partial charge in [0.2, 0.25) is 0 Å². The lowest BCUT2D eigenvalue weighted by atomic mass is 10.0. The summed E-state index contributed by atoms with van der Waals surface area (Å²) in [6.45, 7) is 11.2. The van der Waals surface area contributed by atoms with Crippen molar-refractivity contribution in [3.05, 3.63) is 25.5 Å². The highest BCUT2D eigenvalue weighted by atomic mass is 16.6. The summed E-state index contributed by atoms with van der Waals surface area (Å²) in [6.07, 6.45) is 4.04. The highest BCUT2D eigenvalue weighted by Crippen LogP contribution is 2.05. The summed E-state index contributed by atoms with van der Waals surface area (Å²) < 4.78 is 0. The molecule has 0 N–H and O–H groups in total. The van der Waals surface area contributed by atoms with Crippen LogP contribution in [0, 0.1) is 5.92 Å². The van der Waals surface area contributed by atoms with Crippen molar-refractivity contribution in [2.75, 3.05) is 0 Å². The molecule has 62 valence electrons. The second kappa shape index (κ2) is 5.71. The largest absolute Gasteiger partial charge is 0.365 e. The van der Waals surface area contributed by atoms with Crippen LogP contribution in [-0.2, 0) is 4.84 Å². The van der Waals surface area contributed by atoms with E-state index in [9.17, 15) is 0 Å². The topological polar surface area (TPSA) is 21.6 Å². The third-order valence-corrected chi connectivity index (χ3v) is 1.56. The maximum Gasteiger partial charge on any atom is 0.114 e. The van der Waals surface area contributed by atoms with E-state index in [-0.39, 0.29) is 0 Å². The van der Waals surface area contributed by atoms with Crippen LogP contribution in [0.1, 0.15) is 20.3 Å². The van der Waals surface area contributed by atoms with Crippen LogP contribution in [0.5, 0.6) is 0 Å². The van der Waals surface area contributed by atoms with Crippen molar-refractivity contribution >= 4 is 5.71 Å². The van der Waals surface area contributed by atoms with Crippen molar-refractivity contribution in [2.45, 2.75) is 20.3 Å². The zero-order valence-corrected chi connectivity index (χ0v) is 7.21. The van der Waals surface area contributed by atoms with Crippen LogP contribution in [-0.4, -0.2) is 5.71 Å². The molecular weight excluding hydrogens is 138 g/mol. The molecule has 0 aliphatic heterocycles. The van der Waals surface area contributed by atoms with E-state index in [4.69, 9.17) is 4.84 Å². The molecule has 2 nitrogen and oxygen atoms in total. The Bertz CT molecular complexity index is 161. The van der Waals surface area contributed by atoms with Crippen LogP contribution in [0.2, 0.25) is 0 Å². The first-order valence-electron chi connectivity index (χ1n) is 3.73. The van der Waals surface area contributed by atoms with Crippen molar-refractivity contribution in [3.63, 3.8) is 0 Å². The highest BCUT2D eigenvalue weighted by molar-refractivity contribution is 5.95. The van der Waals surface area contributed by atoms with E-state index in [1.54, 1.807) is 6.08 Å². The minimum Gasteiger partial charge on any atom is -0.365 e. The van der Waals surface area contributed by atoms with Gasteiger partial charge in [0.15, 0.2) is 0 Å². The van der Waals surface area contributed by atoms with Gasteiger partial charge in [0, 0.05) is 5.92 Å². The maximum absolute atomic E-state index is 4.69. The van der Waals surface area contributed by atoms with Crippen molar-refractivity contribution in [1.29, 1.82) is 0 Å². The Morgan fingerprint density at radius 1 is 1.64 bits per heavy atom.